The number of amides is 1. The molecule has 0 spiro atoms. The molecule has 0 unspecified atom stereocenters. The standard InChI is InChI=1S/C12H20N4O/c1-2-16-11(10(13)9-14-16)12(17)15-7-5-3-4-6-8-15/h9H,2-8,13H2,1H3. The molecule has 1 aliphatic rings. The maximum Gasteiger partial charge on any atom is 0.274 e. The molecule has 0 aliphatic carbocycles. The number of aryl methyl sites for hydroxylation is 1. The van der Waals surface area contributed by atoms with Gasteiger partial charge in [0, 0.05) is 19.6 Å². The van der Waals surface area contributed by atoms with Gasteiger partial charge in [-0.2, -0.15) is 5.10 Å². The van der Waals surface area contributed by atoms with Gasteiger partial charge in [0.1, 0.15) is 5.69 Å². The SMILES string of the molecule is CCn1ncc(N)c1C(=O)N1CCCCCC1. The maximum absolute atomic E-state index is 12.4. The molecule has 1 amide bonds. The number of carbonyl (C=O) groups excluding carboxylic acids is 1. The van der Waals surface area contributed by atoms with Gasteiger partial charge in [0.05, 0.1) is 11.9 Å². The van der Waals surface area contributed by atoms with Crippen molar-refractivity contribution in [2.45, 2.75) is 39.2 Å². The van der Waals surface area contributed by atoms with Gasteiger partial charge in [-0.05, 0) is 19.8 Å². The van der Waals surface area contributed by atoms with Crippen LogP contribution in [0, 0.1) is 0 Å². The Morgan fingerprint density at radius 3 is 2.59 bits per heavy atom. The molecule has 0 saturated carbocycles. The lowest BCUT2D eigenvalue weighted by atomic mass is 10.2. The quantitative estimate of drug-likeness (QED) is 0.846. The van der Waals surface area contributed by atoms with Crippen molar-refractivity contribution in [2.24, 2.45) is 0 Å². The van der Waals surface area contributed by atoms with Gasteiger partial charge in [-0.3, -0.25) is 9.48 Å². The van der Waals surface area contributed by atoms with E-state index in [1.54, 1.807) is 10.9 Å². The third kappa shape index (κ3) is 2.43. The highest BCUT2D eigenvalue weighted by atomic mass is 16.2. The highest BCUT2D eigenvalue weighted by Crippen LogP contribution is 2.17. The normalized spacial score (nSPS) is 16.9. The molecular formula is C12H20N4O. The van der Waals surface area contributed by atoms with Gasteiger partial charge in [-0.1, -0.05) is 12.8 Å². The van der Waals surface area contributed by atoms with Gasteiger partial charge < -0.3 is 10.6 Å². The fourth-order valence-electron chi connectivity index (χ4n) is 2.30. The summed E-state index contributed by atoms with van der Waals surface area (Å²) in [5, 5.41) is 4.12. The summed E-state index contributed by atoms with van der Waals surface area (Å²) < 4.78 is 1.68. The molecule has 0 atom stereocenters. The van der Waals surface area contributed by atoms with E-state index in [1.807, 2.05) is 11.8 Å². The molecule has 2 heterocycles. The molecular weight excluding hydrogens is 216 g/mol. The largest absolute Gasteiger partial charge is 0.396 e. The van der Waals surface area contributed by atoms with Crippen molar-refractivity contribution < 1.29 is 4.79 Å². The van der Waals surface area contributed by atoms with E-state index >= 15 is 0 Å². The number of nitrogens with zero attached hydrogens (tertiary/aromatic N) is 3. The fourth-order valence-corrected chi connectivity index (χ4v) is 2.30. The molecule has 5 nitrogen and oxygen atoms in total. The smallest absolute Gasteiger partial charge is 0.274 e. The Morgan fingerprint density at radius 2 is 2.00 bits per heavy atom. The Kier molecular flexibility index (Phi) is 3.66. The first-order valence-corrected chi connectivity index (χ1v) is 6.34. The summed E-state index contributed by atoms with van der Waals surface area (Å²) in [7, 11) is 0. The van der Waals surface area contributed by atoms with E-state index in [1.165, 1.54) is 12.8 Å². The summed E-state index contributed by atoms with van der Waals surface area (Å²) >= 11 is 0. The van der Waals surface area contributed by atoms with Crippen molar-refractivity contribution >= 4 is 11.6 Å². The van der Waals surface area contributed by atoms with E-state index in [0.717, 1.165) is 25.9 Å². The number of carbonyl (C=O) groups is 1. The van der Waals surface area contributed by atoms with Gasteiger partial charge in [0.2, 0.25) is 0 Å². The molecule has 94 valence electrons. The van der Waals surface area contributed by atoms with Crippen LogP contribution in [0.4, 0.5) is 5.69 Å². The monoisotopic (exact) mass is 236 g/mol. The van der Waals surface area contributed by atoms with Crippen molar-refractivity contribution in [2.75, 3.05) is 18.8 Å². The Hall–Kier alpha value is -1.52. The molecule has 2 rings (SSSR count). The summed E-state index contributed by atoms with van der Waals surface area (Å²) in [6, 6.07) is 0. The lowest BCUT2D eigenvalue weighted by Crippen LogP contribution is -2.33. The second-order valence-electron chi connectivity index (χ2n) is 4.47. The average molecular weight is 236 g/mol. The third-order valence-corrected chi connectivity index (χ3v) is 3.26. The molecule has 5 heteroatoms. The van der Waals surface area contributed by atoms with E-state index in [2.05, 4.69) is 5.10 Å². The summed E-state index contributed by atoms with van der Waals surface area (Å²) in [6.45, 7) is 4.32. The van der Waals surface area contributed by atoms with Gasteiger partial charge >= 0.3 is 0 Å². The van der Waals surface area contributed by atoms with Crippen LogP contribution in [0.2, 0.25) is 0 Å². The summed E-state index contributed by atoms with van der Waals surface area (Å²) in [4.78, 5) is 14.3. The van der Waals surface area contributed by atoms with Gasteiger partial charge in [-0.15, -0.1) is 0 Å². The molecule has 1 saturated heterocycles. The molecule has 1 fully saturated rings. The van der Waals surface area contributed by atoms with E-state index in [-0.39, 0.29) is 5.91 Å². The lowest BCUT2D eigenvalue weighted by molar-refractivity contribution is 0.0750. The predicted molar refractivity (Wildman–Crippen MR) is 66.7 cm³/mol. The Morgan fingerprint density at radius 1 is 1.35 bits per heavy atom. The summed E-state index contributed by atoms with van der Waals surface area (Å²) in [5.74, 6) is 0.0313. The van der Waals surface area contributed by atoms with Crippen molar-refractivity contribution in [1.82, 2.24) is 14.7 Å². The van der Waals surface area contributed by atoms with Crippen molar-refractivity contribution in [1.29, 1.82) is 0 Å². The number of nitrogen functional groups attached to an aromatic ring is 1. The van der Waals surface area contributed by atoms with Gasteiger partial charge in [-0.25, -0.2) is 0 Å². The minimum absolute atomic E-state index is 0.0313. The summed E-state index contributed by atoms with van der Waals surface area (Å²) in [6.07, 6.45) is 6.17. The first-order valence-electron chi connectivity index (χ1n) is 6.34. The minimum Gasteiger partial charge on any atom is -0.396 e. The zero-order chi connectivity index (χ0) is 12.3. The third-order valence-electron chi connectivity index (χ3n) is 3.26. The van der Waals surface area contributed by atoms with Crippen LogP contribution in [0.25, 0.3) is 0 Å². The lowest BCUT2D eigenvalue weighted by Gasteiger charge is -2.20. The zero-order valence-corrected chi connectivity index (χ0v) is 10.4. The number of hydrogen-bond donors (Lipinski definition) is 1. The summed E-state index contributed by atoms with van der Waals surface area (Å²) in [5.41, 5.74) is 6.87. The van der Waals surface area contributed by atoms with Crippen LogP contribution in [-0.2, 0) is 6.54 Å². The van der Waals surface area contributed by atoms with E-state index in [9.17, 15) is 4.79 Å². The van der Waals surface area contributed by atoms with Crippen LogP contribution in [0.3, 0.4) is 0 Å². The van der Waals surface area contributed by atoms with Crippen LogP contribution in [-0.4, -0.2) is 33.7 Å². The molecule has 0 aromatic carbocycles. The average Bonchev–Trinajstić information content (AvgIpc) is 2.56. The first kappa shape index (κ1) is 12.0. The van der Waals surface area contributed by atoms with Crippen molar-refractivity contribution in [3.05, 3.63) is 11.9 Å². The van der Waals surface area contributed by atoms with Gasteiger partial charge in [0.25, 0.3) is 5.91 Å². The van der Waals surface area contributed by atoms with Crippen LogP contribution in [0.5, 0.6) is 0 Å². The molecule has 2 N–H and O–H groups in total. The van der Waals surface area contributed by atoms with E-state index in [0.29, 0.717) is 17.9 Å². The molecule has 1 aromatic rings. The topological polar surface area (TPSA) is 64.2 Å². The van der Waals surface area contributed by atoms with Crippen LogP contribution in [0.1, 0.15) is 43.1 Å². The molecule has 1 aromatic heterocycles. The number of likely N-dealkylation sites (tertiary alicyclic amines) is 1. The minimum atomic E-state index is 0.0313. The van der Waals surface area contributed by atoms with Gasteiger partial charge in [0.15, 0.2) is 0 Å². The number of rotatable bonds is 2. The number of nitrogens with two attached hydrogens (primary N) is 1. The molecule has 0 bridgehead atoms. The molecule has 0 radical (unpaired) electrons. The van der Waals surface area contributed by atoms with Crippen molar-refractivity contribution in [3.8, 4) is 0 Å². The Balaban J connectivity index is 2.20. The maximum atomic E-state index is 12.4. The highest BCUT2D eigenvalue weighted by molar-refractivity contribution is 5.97. The van der Waals surface area contributed by atoms with E-state index < -0.39 is 0 Å². The Labute approximate surface area is 102 Å². The fraction of sp³-hybridized carbons (Fsp3) is 0.667. The number of aromatic nitrogens is 2. The van der Waals surface area contributed by atoms with Crippen LogP contribution >= 0.6 is 0 Å². The molecule has 1 aliphatic heterocycles. The highest BCUT2D eigenvalue weighted by Gasteiger charge is 2.22. The second-order valence-corrected chi connectivity index (χ2v) is 4.47. The predicted octanol–water partition coefficient (Wildman–Crippen LogP) is 1.50. The Bertz CT molecular complexity index is 391. The van der Waals surface area contributed by atoms with Crippen molar-refractivity contribution in [3.63, 3.8) is 0 Å². The zero-order valence-electron chi connectivity index (χ0n) is 10.4. The van der Waals surface area contributed by atoms with E-state index in [4.69, 9.17) is 5.73 Å². The van der Waals surface area contributed by atoms with Crippen LogP contribution in [0.15, 0.2) is 6.20 Å². The number of anilines is 1. The second kappa shape index (κ2) is 5.21. The molecule has 17 heavy (non-hydrogen) atoms. The number of hydrogen-bond acceptors (Lipinski definition) is 3. The van der Waals surface area contributed by atoms with Crippen LogP contribution < -0.4 is 5.73 Å². The first-order chi connectivity index (χ1) is 8.24.